The first-order chi connectivity index (χ1) is 8.15. The van der Waals surface area contributed by atoms with Gasteiger partial charge in [0.1, 0.15) is 5.75 Å². The van der Waals surface area contributed by atoms with Gasteiger partial charge in [-0.2, -0.15) is 0 Å². The fraction of sp³-hybridized carbons (Fsp3) is 0.538. The summed E-state index contributed by atoms with van der Waals surface area (Å²) >= 11 is 6.27. The molecule has 4 heteroatoms. The molecule has 94 valence electrons. The van der Waals surface area contributed by atoms with Gasteiger partial charge in [0, 0.05) is 5.02 Å². The Morgan fingerprint density at radius 2 is 2.00 bits per heavy atom. The molecule has 0 bridgehead atoms. The maximum Gasteiger partial charge on any atom is 0.187 e. The van der Waals surface area contributed by atoms with Gasteiger partial charge in [-0.15, -0.1) is 0 Å². The molecule has 1 aliphatic heterocycles. The van der Waals surface area contributed by atoms with Crippen LogP contribution >= 0.6 is 11.6 Å². The first-order valence-corrected chi connectivity index (χ1v) is 6.18. The van der Waals surface area contributed by atoms with Crippen molar-refractivity contribution < 1.29 is 14.2 Å². The van der Waals surface area contributed by atoms with Gasteiger partial charge in [-0.1, -0.05) is 11.6 Å². The Morgan fingerprint density at radius 3 is 2.59 bits per heavy atom. The van der Waals surface area contributed by atoms with Gasteiger partial charge in [0.05, 0.1) is 25.4 Å². The first kappa shape index (κ1) is 12.7. The Hall–Kier alpha value is -0.770. The maximum absolute atomic E-state index is 6.27. The van der Waals surface area contributed by atoms with E-state index >= 15 is 0 Å². The SMILES string of the molecule is CCOc1cc(C)c(Cl)c(C)c1C1OCCO1. The molecule has 0 atom stereocenters. The molecule has 0 unspecified atom stereocenters. The van der Waals surface area contributed by atoms with Gasteiger partial charge in [0.25, 0.3) is 0 Å². The molecule has 0 aliphatic carbocycles. The van der Waals surface area contributed by atoms with Crippen molar-refractivity contribution in [1.82, 2.24) is 0 Å². The minimum Gasteiger partial charge on any atom is -0.493 e. The fourth-order valence-corrected chi connectivity index (χ4v) is 2.19. The Bertz CT molecular complexity index is 412. The molecule has 1 heterocycles. The Morgan fingerprint density at radius 1 is 1.35 bits per heavy atom. The molecule has 2 rings (SSSR count). The van der Waals surface area contributed by atoms with Crippen LogP contribution in [-0.2, 0) is 9.47 Å². The van der Waals surface area contributed by atoms with Crippen LogP contribution in [0.5, 0.6) is 5.75 Å². The summed E-state index contributed by atoms with van der Waals surface area (Å²) in [7, 11) is 0. The highest BCUT2D eigenvalue weighted by molar-refractivity contribution is 6.32. The standard InChI is InChI=1S/C13H17ClO3/c1-4-15-10-7-8(2)12(14)9(3)11(10)13-16-5-6-17-13/h7,13H,4-6H2,1-3H3. The number of ether oxygens (including phenoxy) is 3. The molecule has 17 heavy (non-hydrogen) atoms. The van der Waals surface area contributed by atoms with Gasteiger partial charge in [0.15, 0.2) is 6.29 Å². The summed E-state index contributed by atoms with van der Waals surface area (Å²) in [6.07, 6.45) is -0.352. The third-order valence-electron chi connectivity index (χ3n) is 2.85. The number of halogens is 1. The van der Waals surface area contributed by atoms with Crippen LogP contribution in [0.4, 0.5) is 0 Å². The molecule has 1 aliphatic rings. The second kappa shape index (κ2) is 5.25. The highest BCUT2D eigenvalue weighted by Gasteiger charge is 2.26. The van der Waals surface area contributed by atoms with Crippen LogP contribution in [0.25, 0.3) is 0 Å². The zero-order valence-corrected chi connectivity index (χ0v) is 11.1. The van der Waals surface area contributed by atoms with Crippen molar-refractivity contribution in [2.75, 3.05) is 19.8 Å². The Balaban J connectivity index is 2.48. The normalized spacial score (nSPS) is 16.5. The predicted octanol–water partition coefficient (Wildman–Crippen LogP) is 3.40. The lowest BCUT2D eigenvalue weighted by atomic mass is 10.0. The molecule has 1 fully saturated rings. The predicted molar refractivity (Wildman–Crippen MR) is 66.7 cm³/mol. The van der Waals surface area contributed by atoms with Crippen LogP contribution in [0.15, 0.2) is 6.07 Å². The highest BCUT2D eigenvalue weighted by Crippen LogP contribution is 2.38. The molecule has 0 N–H and O–H groups in total. The van der Waals surface area contributed by atoms with Crippen molar-refractivity contribution in [1.29, 1.82) is 0 Å². The topological polar surface area (TPSA) is 27.7 Å². The number of hydrogen-bond donors (Lipinski definition) is 0. The monoisotopic (exact) mass is 256 g/mol. The quantitative estimate of drug-likeness (QED) is 0.830. The molecule has 3 nitrogen and oxygen atoms in total. The van der Waals surface area contributed by atoms with E-state index in [-0.39, 0.29) is 6.29 Å². The summed E-state index contributed by atoms with van der Waals surface area (Å²) in [5.74, 6) is 0.804. The van der Waals surface area contributed by atoms with Crippen molar-refractivity contribution in [3.05, 3.63) is 27.8 Å². The van der Waals surface area contributed by atoms with Gasteiger partial charge in [0.2, 0.25) is 0 Å². The summed E-state index contributed by atoms with van der Waals surface area (Å²) in [5.41, 5.74) is 2.90. The molecule has 0 saturated carbocycles. The van der Waals surface area contributed by atoms with Gasteiger partial charge in [-0.3, -0.25) is 0 Å². The van der Waals surface area contributed by atoms with Gasteiger partial charge >= 0.3 is 0 Å². The summed E-state index contributed by atoms with van der Waals surface area (Å²) in [5, 5.41) is 0.752. The van der Waals surface area contributed by atoms with Gasteiger partial charge in [-0.25, -0.2) is 0 Å². The van der Waals surface area contributed by atoms with Crippen molar-refractivity contribution in [3.8, 4) is 5.75 Å². The number of aryl methyl sites for hydroxylation is 1. The third-order valence-corrected chi connectivity index (χ3v) is 3.43. The molecule has 0 radical (unpaired) electrons. The summed E-state index contributed by atoms with van der Waals surface area (Å²) < 4.78 is 16.7. The lowest BCUT2D eigenvalue weighted by molar-refractivity contribution is -0.0461. The van der Waals surface area contributed by atoms with Crippen molar-refractivity contribution in [3.63, 3.8) is 0 Å². The second-order valence-electron chi connectivity index (χ2n) is 4.05. The van der Waals surface area contributed by atoms with Gasteiger partial charge < -0.3 is 14.2 Å². The van der Waals surface area contributed by atoms with Crippen LogP contribution in [0.3, 0.4) is 0 Å². The summed E-state index contributed by atoms with van der Waals surface area (Å²) in [4.78, 5) is 0. The lowest BCUT2D eigenvalue weighted by Crippen LogP contribution is -2.07. The smallest absolute Gasteiger partial charge is 0.187 e. The highest BCUT2D eigenvalue weighted by atomic mass is 35.5. The maximum atomic E-state index is 6.27. The molecular weight excluding hydrogens is 240 g/mol. The number of rotatable bonds is 3. The fourth-order valence-electron chi connectivity index (χ4n) is 2.03. The molecular formula is C13H17ClO3. The molecule has 1 aromatic rings. The molecule has 1 saturated heterocycles. The molecule has 1 aromatic carbocycles. The third kappa shape index (κ3) is 2.41. The largest absolute Gasteiger partial charge is 0.493 e. The first-order valence-electron chi connectivity index (χ1n) is 5.80. The van der Waals surface area contributed by atoms with Crippen LogP contribution in [0, 0.1) is 13.8 Å². The zero-order valence-electron chi connectivity index (χ0n) is 10.4. The van der Waals surface area contributed by atoms with E-state index < -0.39 is 0 Å². The van der Waals surface area contributed by atoms with E-state index in [9.17, 15) is 0 Å². The van der Waals surface area contributed by atoms with Crippen LogP contribution in [-0.4, -0.2) is 19.8 Å². The van der Waals surface area contributed by atoms with Crippen LogP contribution in [0.1, 0.15) is 29.9 Å². The van der Waals surface area contributed by atoms with Crippen molar-refractivity contribution in [2.24, 2.45) is 0 Å². The van der Waals surface area contributed by atoms with E-state index in [1.165, 1.54) is 0 Å². The number of hydrogen-bond acceptors (Lipinski definition) is 3. The van der Waals surface area contributed by atoms with E-state index in [4.69, 9.17) is 25.8 Å². The zero-order chi connectivity index (χ0) is 12.4. The molecule has 0 spiro atoms. The van der Waals surface area contributed by atoms with Crippen LogP contribution < -0.4 is 4.74 Å². The lowest BCUT2D eigenvalue weighted by Gasteiger charge is -2.19. The second-order valence-corrected chi connectivity index (χ2v) is 4.43. The van der Waals surface area contributed by atoms with Gasteiger partial charge in [-0.05, 0) is 38.0 Å². The van der Waals surface area contributed by atoms with E-state index in [1.807, 2.05) is 26.8 Å². The van der Waals surface area contributed by atoms with Crippen molar-refractivity contribution in [2.45, 2.75) is 27.1 Å². The van der Waals surface area contributed by atoms with E-state index in [2.05, 4.69) is 0 Å². The Kier molecular flexibility index (Phi) is 3.92. The average molecular weight is 257 g/mol. The summed E-state index contributed by atoms with van der Waals surface area (Å²) in [6, 6.07) is 1.94. The molecule has 0 aromatic heterocycles. The Labute approximate surface area is 107 Å². The summed E-state index contributed by atoms with van der Waals surface area (Å²) in [6.45, 7) is 7.73. The van der Waals surface area contributed by atoms with Crippen LogP contribution in [0.2, 0.25) is 5.02 Å². The number of benzene rings is 1. The van der Waals surface area contributed by atoms with E-state index in [1.54, 1.807) is 0 Å². The molecule has 0 amide bonds. The van der Waals surface area contributed by atoms with Crippen molar-refractivity contribution >= 4 is 11.6 Å². The average Bonchev–Trinajstić information content (AvgIpc) is 2.80. The van der Waals surface area contributed by atoms with E-state index in [0.29, 0.717) is 19.8 Å². The van der Waals surface area contributed by atoms with E-state index in [0.717, 1.165) is 27.5 Å². The minimum atomic E-state index is -0.352. The minimum absolute atomic E-state index is 0.352.